The van der Waals surface area contributed by atoms with E-state index in [1.807, 2.05) is 30.3 Å². The van der Waals surface area contributed by atoms with Gasteiger partial charge in [0.1, 0.15) is 6.54 Å². The van der Waals surface area contributed by atoms with E-state index in [2.05, 4.69) is 11.0 Å². The Balaban J connectivity index is 1.63. The third-order valence-electron chi connectivity index (χ3n) is 4.27. The summed E-state index contributed by atoms with van der Waals surface area (Å²) in [6.45, 7) is 4.46. The number of nitro groups is 1. The van der Waals surface area contributed by atoms with Crippen molar-refractivity contribution in [3.05, 3.63) is 69.2 Å². The van der Waals surface area contributed by atoms with Crippen LogP contribution in [0, 0.1) is 10.1 Å². The number of nitrogens with zero attached hydrogens (tertiary/aromatic N) is 2. The number of piperazine rings is 1. The number of rotatable bonds is 4. The summed E-state index contributed by atoms with van der Waals surface area (Å²) in [5.74, 6) is 0. The maximum Gasteiger partial charge on any atom is 0.278 e. The summed E-state index contributed by atoms with van der Waals surface area (Å²) in [4.78, 5) is 14.5. The van der Waals surface area contributed by atoms with Crippen molar-refractivity contribution < 1.29 is 9.82 Å². The minimum atomic E-state index is -0.295. The molecule has 1 fully saturated rings. The smallest absolute Gasteiger partial charge is 0.278 e. The van der Waals surface area contributed by atoms with Gasteiger partial charge in [-0.2, -0.15) is 0 Å². The third-order valence-corrected chi connectivity index (χ3v) is 4.51. The van der Waals surface area contributed by atoms with Gasteiger partial charge in [-0.1, -0.05) is 29.8 Å². The summed E-state index contributed by atoms with van der Waals surface area (Å²) in [6.07, 6.45) is 0. The van der Waals surface area contributed by atoms with Gasteiger partial charge in [0.05, 0.1) is 36.7 Å². The number of nitro benzene ring substituents is 1. The van der Waals surface area contributed by atoms with Gasteiger partial charge in [0.25, 0.3) is 5.69 Å². The van der Waals surface area contributed by atoms with Gasteiger partial charge in [-0.25, -0.2) is 0 Å². The van der Waals surface area contributed by atoms with Crippen LogP contribution in [0.2, 0.25) is 5.02 Å². The van der Waals surface area contributed by atoms with Gasteiger partial charge in [0.15, 0.2) is 0 Å². The molecule has 1 aliphatic rings. The Morgan fingerprint density at radius 2 is 1.87 bits per heavy atom. The molecule has 6 heteroatoms. The van der Waals surface area contributed by atoms with E-state index in [4.69, 9.17) is 11.6 Å². The lowest BCUT2D eigenvalue weighted by Gasteiger charge is -2.33. The Labute approximate surface area is 140 Å². The van der Waals surface area contributed by atoms with Crippen LogP contribution in [0.3, 0.4) is 0 Å². The fourth-order valence-electron chi connectivity index (χ4n) is 3.04. The minimum Gasteiger partial charge on any atom is -0.360 e. The second kappa shape index (κ2) is 6.98. The standard InChI is InChI=1S/C17H18ClN3O2/c18-15-5-3-6-16(12-15)20-10-8-19(9-11-20)13-14-4-1-2-7-17(14)21(22)23/h1-7,12H,8-11,13H2/p+1. The average molecular weight is 333 g/mol. The number of quaternary nitrogens is 1. The first-order valence-corrected chi connectivity index (χ1v) is 8.07. The van der Waals surface area contributed by atoms with Crippen molar-refractivity contribution in [1.82, 2.24) is 0 Å². The quantitative estimate of drug-likeness (QED) is 0.689. The van der Waals surface area contributed by atoms with Crippen LogP contribution >= 0.6 is 11.6 Å². The topological polar surface area (TPSA) is 50.8 Å². The number of benzene rings is 2. The molecule has 0 saturated carbocycles. The zero-order chi connectivity index (χ0) is 16.2. The van der Waals surface area contributed by atoms with E-state index in [1.54, 1.807) is 12.1 Å². The molecule has 1 saturated heterocycles. The Morgan fingerprint density at radius 3 is 2.57 bits per heavy atom. The monoisotopic (exact) mass is 332 g/mol. The molecule has 120 valence electrons. The number of halogens is 1. The molecule has 0 aliphatic carbocycles. The Morgan fingerprint density at radius 1 is 1.13 bits per heavy atom. The molecule has 0 atom stereocenters. The molecule has 2 aromatic rings. The van der Waals surface area contributed by atoms with E-state index in [0.717, 1.165) is 42.5 Å². The molecular formula is C17H19ClN3O2+. The normalized spacial score (nSPS) is 15.6. The van der Waals surface area contributed by atoms with Crippen LogP contribution in [0.1, 0.15) is 5.56 Å². The number of hydrogen-bond donors (Lipinski definition) is 1. The van der Waals surface area contributed by atoms with Crippen LogP contribution in [0.5, 0.6) is 0 Å². The van der Waals surface area contributed by atoms with Crippen LogP contribution in [-0.4, -0.2) is 31.1 Å². The van der Waals surface area contributed by atoms with Crippen molar-refractivity contribution in [2.75, 3.05) is 31.1 Å². The summed E-state index contributed by atoms with van der Waals surface area (Å²) < 4.78 is 0. The molecule has 0 bridgehead atoms. The van der Waals surface area contributed by atoms with E-state index in [9.17, 15) is 10.1 Å². The summed E-state index contributed by atoms with van der Waals surface area (Å²) in [5.41, 5.74) is 2.17. The summed E-state index contributed by atoms with van der Waals surface area (Å²) in [7, 11) is 0. The number of nitrogens with one attached hydrogen (secondary N) is 1. The molecule has 0 unspecified atom stereocenters. The number of hydrogen-bond acceptors (Lipinski definition) is 3. The van der Waals surface area contributed by atoms with Gasteiger partial charge in [-0.3, -0.25) is 10.1 Å². The molecule has 0 aromatic heterocycles. The molecule has 23 heavy (non-hydrogen) atoms. The predicted molar refractivity (Wildman–Crippen MR) is 91.2 cm³/mol. The highest BCUT2D eigenvalue weighted by Gasteiger charge is 2.23. The number of anilines is 1. The molecule has 0 amide bonds. The van der Waals surface area contributed by atoms with Crippen LogP contribution in [0.25, 0.3) is 0 Å². The lowest BCUT2D eigenvalue weighted by Crippen LogP contribution is -3.13. The Hall–Kier alpha value is -2.11. The predicted octanol–water partition coefficient (Wildman–Crippen LogP) is 2.15. The maximum absolute atomic E-state index is 11.1. The van der Waals surface area contributed by atoms with Crippen molar-refractivity contribution in [3.63, 3.8) is 0 Å². The van der Waals surface area contributed by atoms with Gasteiger partial charge in [-0.05, 0) is 24.3 Å². The van der Waals surface area contributed by atoms with Gasteiger partial charge < -0.3 is 9.80 Å². The molecular weight excluding hydrogens is 314 g/mol. The fraction of sp³-hybridized carbons (Fsp3) is 0.294. The van der Waals surface area contributed by atoms with Gasteiger partial charge >= 0.3 is 0 Å². The second-order valence-corrected chi connectivity index (χ2v) is 6.22. The molecule has 0 spiro atoms. The van der Waals surface area contributed by atoms with Crippen LogP contribution < -0.4 is 9.80 Å². The molecule has 5 nitrogen and oxygen atoms in total. The van der Waals surface area contributed by atoms with Crippen molar-refractivity contribution in [1.29, 1.82) is 0 Å². The minimum absolute atomic E-state index is 0.220. The van der Waals surface area contributed by atoms with Crippen molar-refractivity contribution in [2.24, 2.45) is 0 Å². The second-order valence-electron chi connectivity index (χ2n) is 5.78. The first-order chi connectivity index (χ1) is 11.1. The zero-order valence-corrected chi connectivity index (χ0v) is 13.5. The highest BCUT2D eigenvalue weighted by molar-refractivity contribution is 6.30. The molecule has 1 N–H and O–H groups in total. The van der Waals surface area contributed by atoms with Crippen molar-refractivity contribution in [2.45, 2.75) is 6.54 Å². The van der Waals surface area contributed by atoms with E-state index in [-0.39, 0.29) is 10.6 Å². The molecule has 2 aromatic carbocycles. The molecule has 3 rings (SSSR count). The fourth-order valence-corrected chi connectivity index (χ4v) is 3.22. The SMILES string of the molecule is O=[N+]([O-])c1ccccc1C[NH+]1CCN(c2cccc(Cl)c2)CC1. The zero-order valence-electron chi connectivity index (χ0n) is 12.7. The summed E-state index contributed by atoms with van der Waals surface area (Å²) >= 11 is 6.05. The van der Waals surface area contributed by atoms with Crippen molar-refractivity contribution >= 4 is 23.0 Å². The van der Waals surface area contributed by atoms with Gasteiger partial charge in [0.2, 0.25) is 0 Å². The summed E-state index contributed by atoms with van der Waals surface area (Å²) in [6, 6.07) is 14.9. The first-order valence-electron chi connectivity index (χ1n) is 7.70. The Kier molecular flexibility index (Phi) is 4.79. The van der Waals surface area contributed by atoms with E-state index >= 15 is 0 Å². The molecule has 1 heterocycles. The van der Waals surface area contributed by atoms with E-state index in [1.165, 1.54) is 4.90 Å². The van der Waals surface area contributed by atoms with E-state index < -0.39 is 0 Å². The molecule has 1 aliphatic heterocycles. The highest BCUT2D eigenvalue weighted by Crippen LogP contribution is 2.20. The summed E-state index contributed by atoms with van der Waals surface area (Å²) in [5, 5.41) is 11.9. The van der Waals surface area contributed by atoms with Gasteiger partial charge in [-0.15, -0.1) is 0 Å². The molecule has 0 radical (unpaired) electrons. The lowest BCUT2D eigenvalue weighted by atomic mass is 10.1. The maximum atomic E-state index is 11.1. The highest BCUT2D eigenvalue weighted by atomic mass is 35.5. The first kappa shape index (κ1) is 15.8. The number of para-hydroxylation sites is 1. The van der Waals surface area contributed by atoms with Gasteiger partial charge in [0, 0.05) is 16.8 Å². The van der Waals surface area contributed by atoms with Crippen molar-refractivity contribution in [3.8, 4) is 0 Å². The van der Waals surface area contributed by atoms with E-state index in [0.29, 0.717) is 6.54 Å². The third kappa shape index (κ3) is 3.81. The van der Waals surface area contributed by atoms with Crippen LogP contribution in [0.4, 0.5) is 11.4 Å². The average Bonchev–Trinajstić information content (AvgIpc) is 2.56. The lowest BCUT2D eigenvalue weighted by molar-refractivity contribution is -0.914. The van der Waals surface area contributed by atoms with Crippen LogP contribution in [-0.2, 0) is 6.54 Å². The van der Waals surface area contributed by atoms with Crippen LogP contribution in [0.15, 0.2) is 48.5 Å². The largest absolute Gasteiger partial charge is 0.360 e. The Bertz CT molecular complexity index is 700.